The highest BCUT2D eigenvalue weighted by atomic mass is 32.2. The molecule has 7 nitrogen and oxygen atoms in total. The lowest BCUT2D eigenvalue weighted by Crippen LogP contribution is -2.30. The summed E-state index contributed by atoms with van der Waals surface area (Å²) in [6, 6.07) is 28.5. The summed E-state index contributed by atoms with van der Waals surface area (Å²) in [5.41, 5.74) is 5.73. The lowest BCUT2D eigenvalue weighted by molar-refractivity contribution is -0.143. The molecular formula is C32H31N5O2S. The van der Waals surface area contributed by atoms with Gasteiger partial charge < -0.3 is 14.6 Å². The second-order valence-corrected chi connectivity index (χ2v) is 11.1. The molecule has 0 saturated heterocycles. The maximum absolute atomic E-state index is 13.6. The Labute approximate surface area is 237 Å². The average Bonchev–Trinajstić information content (AvgIpc) is 3.53. The van der Waals surface area contributed by atoms with Crippen LogP contribution in [0.25, 0.3) is 10.9 Å². The molecule has 1 aliphatic heterocycles. The number of allylic oxidation sites excluding steroid dienone is 1. The summed E-state index contributed by atoms with van der Waals surface area (Å²) >= 11 is 1.57. The van der Waals surface area contributed by atoms with Crippen molar-refractivity contribution < 1.29 is 9.53 Å². The number of rotatable bonds is 8. The van der Waals surface area contributed by atoms with Crippen LogP contribution >= 0.6 is 11.8 Å². The third kappa shape index (κ3) is 5.14. The molecule has 0 amide bonds. The number of nitrogens with zero attached hydrogens (tertiary/aromatic N) is 4. The van der Waals surface area contributed by atoms with Crippen LogP contribution in [0.3, 0.4) is 0 Å². The zero-order valence-corrected chi connectivity index (χ0v) is 23.6. The number of fused-ring (bicyclic) bond motifs is 2. The molecular weight excluding hydrogens is 518 g/mol. The smallest absolute Gasteiger partial charge is 0.338 e. The Bertz CT molecular complexity index is 1690. The molecule has 0 fully saturated rings. The standard InChI is InChI=1S/C32H31N5O2S/c1-21(2)39-30(38)28-22(3)33-31-34-32(40-20-24-14-8-5-9-15-24)35-37(31)29(28)26-19-36(18-23-12-6-4-7-13-23)27-17-11-10-16-25(26)27/h4-17,19,21,29H,18,20H2,1-3H3,(H,33,34,35). The van der Waals surface area contributed by atoms with Gasteiger partial charge in [-0.15, -0.1) is 5.10 Å². The summed E-state index contributed by atoms with van der Waals surface area (Å²) < 4.78 is 9.82. The SMILES string of the molecule is CC1=C(C(=O)OC(C)C)C(c2cn(Cc3ccccc3)c3ccccc23)n2nc(SCc3ccccc3)nc2N1. The van der Waals surface area contributed by atoms with Crippen LogP contribution in [-0.2, 0) is 21.8 Å². The van der Waals surface area contributed by atoms with Gasteiger partial charge in [-0.05, 0) is 38.0 Å². The first kappa shape index (κ1) is 26.0. The number of hydrogen-bond donors (Lipinski definition) is 1. The first-order valence-corrected chi connectivity index (χ1v) is 14.4. The van der Waals surface area contributed by atoms with Crippen LogP contribution in [0.2, 0.25) is 0 Å². The maximum Gasteiger partial charge on any atom is 0.338 e. The van der Waals surface area contributed by atoms with Crippen molar-refractivity contribution in [3.05, 3.63) is 119 Å². The van der Waals surface area contributed by atoms with E-state index in [0.29, 0.717) is 23.2 Å². The van der Waals surface area contributed by atoms with E-state index in [-0.39, 0.29) is 12.1 Å². The number of aromatic nitrogens is 4. The Kier molecular flexibility index (Phi) is 7.17. The molecule has 0 bridgehead atoms. The van der Waals surface area contributed by atoms with Crippen molar-refractivity contribution in [2.75, 3.05) is 5.32 Å². The Balaban J connectivity index is 1.45. The van der Waals surface area contributed by atoms with E-state index in [4.69, 9.17) is 14.8 Å². The third-order valence-electron chi connectivity index (χ3n) is 6.92. The Morgan fingerprint density at radius 3 is 2.38 bits per heavy atom. The normalized spacial score (nSPS) is 14.8. The number of ether oxygens (including phenoxy) is 1. The fraction of sp³-hybridized carbons (Fsp3) is 0.219. The summed E-state index contributed by atoms with van der Waals surface area (Å²) in [6.07, 6.45) is 1.90. The number of esters is 1. The maximum atomic E-state index is 13.6. The molecule has 0 radical (unpaired) electrons. The molecule has 3 aromatic carbocycles. The summed E-state index contributed by atoms with van der Waals surface area (Å²) in [5, 5.41) is 9.96. The minimum absolute atomic E-state index is 0.248. The molecule has 1 unspecified atom stereocenters. The topological polar surface area (TPSA) is 74.0 Å². The minimum Gasteiger partial charge on any atom is -0.459 e. The summed E-state index contributed by atoms with van der Waals surface area (Å²) in [5.74, 6) is 1.00. The van der Waals surface area contributed by atoms with Gasteiger partial charge in [-0.25, -0.2) is 9.48 Å². The summed E-state index contributed by atoms with van der Waals surface area (Å²) in [7, 11) is 0. The quantitative estimate of drug-likeness (QED) is 0.169. The number of carbonyl (C=O) groups is 1. The van der Waals surface area contributed by atoms with E-state index in [1.165, 1.54) is 11.1 Å². The molecule has 1 atom stereocenters. The molecule has 0 saturated carbocycles. The molecule has 3 heterocycles. The number of thioether (sulfide) groups is 1. The molecule has 1 N–H and O–H groups in total. The molecule has 2 aromatic heterocycles. The zero-order chi connectivity index (χ0) is 27.6. The van der Waals surface area contributed by atoms with Gasteiger partial charge in [-0.1, -0.05) is 90.6 Å². The largest absolute Gasteiger partial charge is 0.459 e. The fourth-order valence-electron chi connectivity index (χ4n) is 5.15. The molecule has 40 heavy (non-hydrogen) atoms. The highest BCUT2D eigenvalue weighted by molar-refractivity contribution is 7.98. The van der Waals surface area contributed by atoms with Gasteiger partial charge in [-0.2, -0.15) is 4.98 Å². The third-order valence-corrected chi connectivity index (χ3v) is 7.83. The Morgan fingerprint density at radius 1 is 0.975 bits per heavy atom. The van der Waals surface area contributed by atoms with E-state index in [1.807, 2.05) is 61.9 Å². The fourth-order valence-corrected chi connectivity index (χ4v) is 5.93. The van der Waals surface area contributed by atoms with Gasteiger partial charge in [0.1, 0.15) is 6.04 Å². The zero-order valence-electron chi connectivity index (χ0n) is 22.7. The first-order chi connectivity index (χ1) is 19.5. The van der Waals surface area contributed by atoms with Crippen LogP contribution in [0.15, 0.2) is 108 Å². The van der Waals surface area contributed by atoms with E-state index in [0.717, 1.165) is 27.9 Å². The van der Waals surface area contributed by atoms with Crippen molar-refractivity contribution >= 4 is 34.6 Å². The second kappa shape index (κ2) is 11.1. The number of para-hydroxylation sites is 1. The van der Waals surface area contributed by atoms with Crippen LogP contribution in [0, 0.1) is 0 Å². The molecule has 202 valence electrons. The lowest BCUT2D eigenvalue weighted by Gasteiger charge is -2.28. The monoisotopic (exact) mass is 549 g/mol. The molecule has 8 heteroatoms. The highest BCUT2D eigenvalue weighted by Crippen LogP contribution is 2.40. The van der Waals surface area contributed by atoms with E-state index >= 15 is 0 Å². The average molecular weight is 550 g/mol. The second-order valence-electron chi connectivity index (χ2n) is 10.2. The summed E-state index contributed by atoms with van der Waals surface area (Å²) in [6.45, 7) is 6.35. The van der Waals surface area contributed by atoms with E-state index in [2.05, 4.69) is 64.6 Å². The van der Waals surface area contributed by atoms with Gasteiger partial charge >= 0.3 is 5.97 Å². The van der Waals surface area contributed by atoms with Crippen LogP contribution in [-0.4, -0.2) is 31.4 Å². The van der Waals surface area contributed by atoms with Crippen molar-refractivity contribution in [3.8, 4) is 0 Å². The van der Waals surface area contributed by atoms with Crippen molar-refractivity contribution in [1.29, 1.82) is 0 Å². The van der Waals surface area contributed by atoms with E-state index in [9.17, 15) is 4.79 Å². The molecule has 0 aliphatic carbocycles. The number of carbonyl (C=O) groups excluding carboxylic acids is 1. The van der Waals surface area contributed by atoms with Gasteiger partial charge in [0.05, 0.1) is 11.7 Å². The van der Waals surface area contributed by atoms with Crippen LogP contribution in [0.4, 0.5) is 5.95 Å². The highest BCUT2D eigenvalue weighted by Gasteiger charge is 2.37. The number of hydrogen-bond acceptors (Lipinski definition) is 6. The van der Waals surface area contributed by atoms with Crippen molar-refractivity contribution in [2.45, 2.75) is 50.4 Å². The van der Waals surface area contributed by atoms with Crippen LogP contribution < -0.4 is 5.32 Å². The summed E-state index contributed by atoms with van der Waals surface area (Å²) in [4.78, 5) is 18.4. The predicted octanol–water partition coefficient (Wildman–Crippen LogP) is 6.81. The molecule has 6 rings (SSSR count). The van der Waals surface area contributed by atoms with Crippen LogP contribution in [0.1, 0.15) is 43.5 Å². The Morgan fingerprint density at radius 2 is 1.65 bits per heavy atom. The lowest BCUT2D eigenvalue weighted by atomic mass is 9.95. The van der Waals surface area contributed by atoms with Gasteiger partial charge in [0.15, 0.2) is 0 Å². The van der Waals surface area contributed by atoms with Crippen LogP contribution in [0.5, 0.6) is 0 Å². The van der Waals surface area contributed by atoms with E-state index in [1.54, 1.807) is 11.8 Å². The van der Waals surface area contributed by atoms with Gasteiger partial charge in [0, 0.05) is 40.7 Å². The van der Waals surface area contributed by atoms with Crippen molar-refractivity contribution in [3.63, 3.8) is 0 Å². The van der Waals surface area contributed by atoms with Gasteiger partial charge in [0.2, 0.25) is 11.1 Å². The molecule has 5 aromatic rings. The van der Waals surface area contributed by atoms with Gasteiger partial charge in [0.25, 0.3) is 0 Å². The van der Waals surface area contributed by atoms with Crippen molar-refractivity contribution in [1.82, 2.24) is 19.3 Å². The first-order valence-electron chi connectivity index (χ1n) is 13.4. The predicted molar refractivity (Wildman–Crippen MR) is 159 cm³/mol. The minimum atomic E-state index is -0.497. The number of anilines is 1. The molecule has 1 aliphatic rings. The van der Waals surface area contributed by atoms with Gasteiger partial charge in [-0.3, -0.25) is 0 Å². The Hall–Kier alpha value is -4.30. The number of benzene rings is 3. The number of nitrogens with one attached hydrogen (secondary N) is 1. The van der Waals surface area contributed by atoms with Crippen molar-refractivity contribution in [2.24, 2.45) is 0 Å². The van der Waals surface area contributed by atoms with E-state index < -0.39 is 6.04 Å². The molecule has 0 spiro atoms.